The summed E-state index contributed by atoms with van der Waals surface area (Å²) in [5, 5.41) is 20.9. The maximum absolute atomic E-state index is 14.4. The highest BCUT2D eigenvalue weighted by atomic mass is 16.5. The Morgan fingerprint density at radius 2 is 1.59 bits per heavy atom. The molecule has 0 aromatic heterocycles. The smallest absolute Gasteiger partial charge is 0.455 e. The molecule has 2 N–H and O–H groups in total. The summed E-state index contributed by atoms with van der Waals surface area (Å²) in [6, 6.07) is 27.8. The van der Waals surface area contributed by atoms with Crippen LogP contribution in [0.2, 0.25) is 6.32 Å². The number of phenolic OH excluding ortho intramolecular Hbond substituents is 1. The van der Waals surface area contributed by atoms with Gasteiger partial charge in [-0.1, -0.05) is 98.3 Å². The van der Waals surface area contributed by atoms with Crippen LogP contribution in [-0.4, -0.2) is 64.1 Å². The molecule has 0 spiro atoms. The summed E-state index contributed by atoms with van der Waals surface area (Å²) in [5.41, 5.74) is 6.85. The molecular formula is C41H47BN2O5. The fourth-order valence-electron chi connectivity index (χ4n) is 8.82. The Labute approximate surface area is 290 Å². The van der Waals surface area contributed by atoms with Crippen LogP contribution in [0.25, 0.3) is 11.6 Å². The third-order valence-corrected chi connectivity index (χ3v) is 11.2. The van der Waals surface area contributed by atoms with Gasteiger partial charge in [0, 0.05) is 25.7 Å². The van der Waals surface area contributed by atoms with Crippen molar-refractivity contribution in [3.05, 3.63) is 113 Å². The SMILES string of the molecule is CC(C)C1=C2[C@@H](CC/C(=C/c3ccc(O)cc3)c3ccccc3)OB(O)C[C@@H]2[C@@H]2C(=O)N(C3CCN(Cc4ccccc4)CC3)C(=O)[C@@H]2C1. The molecule has 0 radical (unpaired) electrons. The van der Waals surface area contributed by atoms with Crippen LogP contribution in [-0.2, 0) is 20.8 Å². The predicted octanol–water partition coefficient (Wildman–Crippen LogP) is 6.83. The lowest BCUT2D eigenvalue weighted by Crippen LogP contribution is -2.48. The number of imide groups is 1. The summed E-state index contributed by atoms with van der Waals surface area (Å²) in [5.74, 6) is -0.688. The molecule has 7 nitrogen and oxygen atoms in total. The number of carbonyl (C=O) groups is 2. The van der Waals surface area contributed by atoms with Gasteiger partial charge in [-0.25, -0.2) is 0 Å². The van der Waals surface area contributed by atoms with E-state index in [0.717, 1.165) is 54.7 Å². The number of phenols is 1. The molecule has 49 heavy (non-hydrogen) atoms. The van der Waals surface area contributed by atoms with Crippen molar-refractivity contribution in [2.45, 2.75) is 71.0 Å². The van der Waals surface area contributed by atoms with Gasteiger partial charge in [-0.15, -0.1) is 0 Å². The van der Waals surface area contributed by atoms with Gasteiger partial charge in [0.25, 0.3) is 0 Å². The molecule has 3 aromatic carbocycles. The van der Waals surface area contributed by atoms with Crippen LogP contribution in [0.4, 0.5) is 0 Å². The Morgan fingerprint density at radius 3 is 2.27 bits per heavy atom. The van der Waals surface area contributed by atoms with Crippen molar-refractivity contribution in [2.24, 2.45) is 23.7 Å². The standard InChI is InChI=1S/C41H47BN2O5/c1-27(2)34-24-35-39(41(47)44(40(35)46)32-19-21-43(22-20-32)26-29-9-5-3-6-10-29)36-25-42(48)49-37(38(34)36)18-15-31(30-11-7-4-8-12-30)23-28-13-16-33(45)17-14-28/h3-14,16-17,23,27,32,35-37,39,45,48H,15,18-22,24-26H2,1-2H3/b31-23-/t35-,36+,37-,39-/m1/s1. The van der Waals surface area contributed by atoms with E-state index in [-0.39, 0.29) is 47.5 Å². The van der Waals surface area contributed by atoms with Crippen molar-refractivity contribution in [3.63, 3.8) is 0 Å². The van der Waals surface area contributed by atoms with E-state index in [1.807, 2.05) is 36.4 Å². The Kier molecular flexibility index (Phi) is 9.90. The second-order valence-corrected chi connectivity index (χ2v) is 14.6. The molecule has 0 unspecified atom stereocenters. The monoisotopic (exact) mass is 658 g/mol. The molecule has 4 aliphatic rings. The molecule has 0 bridgehead atoms. The predicted molar refractivity (Wildman–Crippen MR) is 193 cm³/mol. The summed E-state index contributed by atoms with van der Waals surface area (Å²) in [7, 11) is -0.995. The number of fused-ring (bicyclic) bond motifs is 3. The minimum atomic E-state index is -0.995. The fraction of sp³-hybridized carbons (Fsp3) is 0.415. The highest BCUT2D eigenvalue weighted by Gasteiger charge is 2.58. The molecule has 3 fully saturated rings. The number of amides is 2. The van der Waals surface area contributed by atoms with Crippen LogP contribution >= 0.6 is 0 Å². The zero-order valence-electron chi connectivity index (χ0n) is 28.6. The molecule has 3 heterocycles. The highest BCUT2D eigenvalue weighted by molar-refractivity contribution is 6.43. The maximum atomic E-state index is 14.4. The molecule has 3 aliphatic heterocycles. The third kappa shape index (κ3) is 7.05. The number of nitrogens with zero attached hydrogens (tertiary/aromatic N) is 2. The Hall–Kier alpha value is -3.98. The maximum Gasteiger partial charge on any atom is 0.455 e. The molecule has 3 saturated heterocycles. The van der Waals surface area contributed by atoms with Gasteiger partial charge in [0.1, 0.15) is 5.75 Å². The zero-order chi connectivity index (χ0) is 34.1. The van der Waals surface area contributed by atoms with Gasteiger partial charge >= 0.3 is 7.12 Å². The zero-order valence-corrected chi connectivity index (χ0v) is 28.6. The minimum absolute atomic E-state index is 0.0190. The summed E-state index contributed by atoms with van der Waals surface area (Å²) in [6.07, 6.45) is 5.61. The number of rotatable bonds is 9. The molecule has 0 saturated carbocycles. The van der Waals surface area contributed by atoms with Crippen molar-refractivity contribution < 1.29 is 24.4 Å². The van der Waals surface area contributed by atoms with Gasteiger partial charge in [0.05, 0.1) is 17.9 Å². The molecule has 8 heteroatoms. The first-order valence-corrected chi connectivity index (χ1v) is 18.0. The van der Waals surface area contributed by atoms with Gasteiger partial charge in [0.15, 0.2) is 0 Å². The molecule has 3 aromatic rings. The van der Waals surface area contributed by atoms with Crippen LogP contribution in [0.15, 0.2) is 96.1 Å². The molecule has 2 amide bonds. The topological polar surface area (TPSA) is 90.3 Å². The average molecular weight is 659 g/mol. The van der Waals surface area contributed by atoms with Gasteiger partial charge in [-0.05, 0) is 90.2 Å². The number of aromatic hydroxyl groups is 1. The minimum Gasteiger partial charge on any atom is -0.508 e. The summed E-state index contributed by atoms with van der Waals surface area (Å²) in [6.45, 7) is 6.92. The number of hydrogen-bond acceptors (Lipinski definition) is 6. The van der Waals surface area contributed by atoms with E-state index in [2.05, 4.69) is 61.2 Å². The van der Waals surface area contributed by atoms with E-state index in [1.165, 1.54) is 11.1 Å². The first-order chi connectivity index (χ1) is 23.8. The fourth-order valence-corrected chi connectivity index (χ4v) is 8.82. The van der Waals surface area contributed by atoms with E-state index in [9.17, 15) is 19.7 Å². The largest absolute Gasteiger partial charge is 0.508 e. The molecular weight excluding hydrogens is 611 g/mol. The number of allylic oxidation sites excluding steroid dienone is 2. The van der Waals surface area contributed by atoms with E-state index >= 15 is 0 Å². The lowest BCUT2D eigenvalue weighted by atomic mass is 9.57. The number of carbonyl (C=O) groups excluding carboxylic acids is 2. The van der Waals surface area contributed by atoms with Crippen molar-refractivity contribution in [1.29, 1.82) is 0 Å². The summed E-state index contributed by atoms with van der Waals surface area (Å²) in [4.78, 5) is 32.6. The number of likely N-dealkylation sites (tertiary alicyclic amines) is 2. The number of piperidine rings is 1. The average Bonchev–Trinajstić information content (AvgIpc) is 3.37. The Morgan fingerprint density at radius 1 is 0.918 bits per heavy atom. The van der Waals surface area contributed by atoms with Gasteiger partial charge in [-0.3, -0.25) is 19.4 Å². The quantitative estimate of drug-likeness (QED) is 0.113. The van der Waals surface area contributed by atoms with E-state index in [4.69, 9.17) is 4.65 Å². The lowest BCUT2D eigenvalue weighted by molar-refractivity contribution is -0.144. The van der Waals surface area contributed by atoms with E-state index in [1.54, 1.807) is 17.0 Å². The van der Waals surface area contributed by atoms with Crippen molar-refractivity contribution in [1.82, 2.24) is 9.80 Å². The number of hydrogen-bond donors (Lipinski definition) is 2. The molecule has 1 aliphatic carbocycles. The Balaban J connectivity index is 1.11. The van der Waals surface area contributed by atoms with Crippen LogP contribution in [0.1, 0.15) is 62.6 Å². The first-order valence-electron chi connectivity index (χ1n) is 18.0. The summed E-state index contributed by atoms with van der Waals surface area (Å²) >= 11 is 0. The van der Waals surface area contributed by atoms with Crippen molar-refractivity contribution in [3.8, 4) is 5.75 Å². The van der Waals surface area contributed by atoms with Gasteiger partial charge < -0.3 is 14.8 Å². The third-order valence-electron chi connectivity index (χ3n) is 11.2. The summed E-state index contributed by atoms with van der Waals surface area (Å²) < 4.78 is 6.32. The van der Waals surface area contributed by atoms with Crippen molar-refractivity contribution in [2.75, 3.05) is 13.1 Å². The highest BCUT2D eigenvalue weighted by Crippen LogP contribution is 2.52. The second-order valence-electron chi connectivity index (χ2n) is 14.6. The van der Waals surface area contributed by atoms with Gasteiger partial charge in [0.2, 0.25) is 11.8 Å². The molecule has 4 atom stereocenters. The number of benzene rings is 3. The normalized spacial score (nSPS) is 25.3. The van der Waals surface area contributed by atoms with Crippen LogP contribution < -0.4 is 0 Å². The lowest BCUT2D eigenvalue weighted by Gasteiger charge is -2.44. The molecule has 254 valence electrons. The first kappa shape index (κ1) is 33.5. The van der Waals surface area contributed by atoms with Gasteiger partial charge in [-0.2, -0.15) is 0 Å². The van der Waals surface area contributed by atoms with Crippen LogP contribution in [0.3, 0.4) is 0 Å². The molecule has 7 rings (SSSR count). The van der Waals surface area contributed by atoms with E-state index in [0.29, 0.717) is 25.6 Å². The van der Waals surface area contributed by atoms with E-state index < -0.39 is 13.0 Å². The Bertz CT molecular complexity index is 1700. The van der Waals surface area contributed by atoms with Crippen LogP contribution in [0.5, 0.6) is 5.75 Å². The second kappa shape index (κ2) is 14.5. The van der Waals surface area contributed by atoms with Crippen molar-refractivity contribution >= 4 is 30.6 Å². The van der Waals surface area contributed by atoms with Crippen LogP contribution in [0, 0.1) is 23.7 Å².